The minimum absolute atomic E-state index is 0.334. The van der Waals surface area contributed by atoms with Crippen LogP contribution < -0.4 is 5.32 Å². The van der Waals surface area contributed by atoms with Crippen LogP contribution in [-0.2, 0) is 6.42 Å². The van der Waals surface area contributed by atoms with Gasteiger partial charge in [-0.05, 0) is 43.2 Å². The molecule has 4 rings (SSSR count). The smallest absolute Gasteiger partial charge is 0.109 e. The highest BCUT2D eigenvalue weighted by atomic mass is 16.3. The highest BCUT2D eigenvalue weighted by Crippen LogP contribution is 2.33. The number of aromatic nitrogens is 3. The fraction of sp³-hybridized carbons (Fsp3) is 0.250. The normalized spacial score (nSPS) is 17.4. The Morgan fingerprint density at radius 1 is 1.10 bits per heavy atom. The molecule has 0 amide bonds. The molecule has 0 radical (unpaired) electrons. The lowest BCUT2D eigenvalue weighted by Gasteiger charge is -2.23. The van der Waals surface area contributed by atoms with Crippen LogP contribution in [0.15, 0.2) is 53.4 Å². The molecule has 0 spiro atoms. The van der Waals surface area contributed by atoms with Crippen LogP contribution in [0.1, 0.15) is 30.2 Å². The number of nitrogens with one attached hydrogen (secondary N) is 1. The first-order valence-corrected chi connectivity index (χ1v) is 7.20. The summed E-state index contributed by atoms with van der Waals surface area (Å²) < 4.78 is 5.53. The van der Waals surface area contributed by atoms with Crippen LogP contribution in [-0.4, -0.2) is 15.0 Å². The molecule has 0 fully saturated rings. The van der Waals surface area contributed by atoms with Crippen LogP contribution in [0.25, 0.3) is 5.69 Å². The number of hydrogen-bond acceptors (Lipinski definition) is 4. The third kappa shape index (κ3) is 2.31. The van der Waals surface area contributed by atoms with E-state index < -0.39 is 0 Å². The molecule has 5 nitrogen and oxygen atoms in total. The Balaban J connectivity index is 1.54. The molecule has 0 bridgehead atoms. The molecule has 1 aromatic carbocycles. The maximum Gasteiger partial charge on any atom is 0.109 e. The van der Waals surface area contributed by atoms with Crippen molar-refractivity contribution in [1.29, 1.82) is 0 Å². The van der Waals surface area contributed by atoms with E-state index in [1.165, 1.54) is 5.56 Å². The first-order chi connectivity index (χ1) is 10.4. The van der Waals surface area contributed by atoms with E-state index in [9.17, 15) is 0 Å². The molecule has 0 aliphatic heterocycles. The van der Waals surface area contributed by atoms with Crippen LogP contribution >= 0.6 is 0 Å². The Bertz CT molecular complexity index is 715. The largest absolute Gasteiger partial charge is 0.469 e. The fourth-order valence-corrected chi connectivity index (χ4v) is 2.88. The van der Waals surface area contributed by atoms with Gasteiger partial charge < -0.3 is 9.73 Å². The highest BCUT2D eigenvalue weighted by molar-refractivity contribution is 5.50. The van der Waals surface area contributed by atoms with E-state index in [4.69, 9.17) is 4.42 Å². The summed E-state index contributed by atoms with van der Waals surface area (Å²) in [5, 5.41) is 11.8. The first kappa shape index (κ1) is 12.2. The lowest BCUT2D eigenvalue weighted by Crippen LogP contribution is -2.15. The van der Waals surface area contributed by atoms with Crippen molar-refractivity contribution in [2.45, 2.75) is 25.3 Å². The van der Waals surface area contributed by atoms with E-state index in [0.29, 0.717) is 6.04 Å². The van der Waals surface area contributed by atoms with Gasteiger partial charge in [0.05, 0.1) is 30.4 Å². The molecule has 1 N–H and O–H groups in total. The second-order valence-corrected chi connectivity index (χ2v) is 5.25. The van der Waals surface area contributed by atoms with Crippen molar-refractivity contribution in [3.8, 4) is 5.69 Å². The van der Waals surface area contributed by atoms with Gasteiger partial charge in [-0.15, -0.1) is 0 Å². The second-order valence-electron chi connectivity index (χ2n) is 5.25. The summed E-state index contributed by atoms with van der Waals surface area (Å²) in [6, 6.07) is 10.6. The minimum Gasteiger partial charge on any atom is -0.469 e. The third-order valence-corrected chi connectivity index (χ3v) is 3.91. The van der Waals surface area contributed by atoms with Crippen LogP contribution in [0.5, 0.6) is 0 Å². The van der Waals surface area contributed by atoms with E-state index in [-0.39, 0.29) is 0 Å². The molecule has 5 heteroatoms. The van der Waals surface area contributed by atoms with Gasteiger partial charge in [-0.2, -0.15) is 15.0 Å². The van der Waals surface area contributed by atoms with Gasteiger partial charge in [0.2, 0.25) is 0 Å². The second kappa shape index (κ2) is 5.09. The first-order valence-electron chi connectivity index (χ1n) is 7.20. The number of furan rings is 1. The Kier molecular flexibility index (Phi) is 2.96. The Morgan fingerprint density at radius 3 is 2.71 bits per heavy atom. The number of rotatable bonds is 3. The van der Waals surface area contributed by atoms with Crippen molar-refractivity contribution in [3.63, 3.8) is 0 Å². The van der Waals surface area contributed by atoms with Gasteiger partial charge >= 0.3 is 0 Å². The SMILES string of the molecule is c1cnn(-c2ccc(NC3CCCc4occc43)cc2)n1. The van der Waals surface area contributed by atoms with Gasteiger partial charge in [-0.1, -0.05) is 0 Å². The van der Waals surface area contributed by atoms with Crippen LogP contribution in [0.3, 0.4) is 0 Å². The van der Waals surface area contributed by atoms with Crippen LogP contribution in [0.4, 0.5) is 5.69 Å². The Morgan fingerprint density at radius 2 is 1.90 bits per heavy atom. The third-order valence-electron chi connectivity index (χ3n) is 3.91. The average Bonchev–Trinajstić information content (AvgIpc) is 3.20. The predicted molar refractivity (Wildman–Crippen MR) is 79.4 cm³/mol. The summed E-state index contributed by atoms with van der Waals surface area (Å²) in [5.74, 6) is 1.12. The van der Waals surface area contributed by atoms with Crippen LogP contribution in [0, 0.1) is 0 Å². The fourth-order valence-electron chi connectivity index (χ4n) is 2.88. The zero-order valence-electron chi connectivity index (χ0n) is 11.6. The van der Waals surface area contributed by atoms with Gasteiger partial charge in [-0.3, -0.25) is 0 Å². The van der Waals surface area contributed by atoms with Crippen molar-refractivity contribution in [1.82, 2.24) is 15.0 Å². The predicted octanol–water partition coefficient (Wildman–Crippen LogP) is 3.35. The molecule has 106 valence electrons. The Labute approximate surface area is 122 Å². The van der Waals surface area contributed by atoms with E-state index in [1.807, 2.05) is 12.1 Å². The van der Waals surface area contributed by atoms with Gasteiger partial charge in [0, 0.05) is 17.7 Å². The van der Waals surface area contributed by atoms with Gasteiger partial charge in [0.15, 0.2) is 0 Å². The van der Waals surface area contributed by atoms with E-state index in [1.54, 1.807) is 23.5 Å². The van der Waals surface area contributed by atoms with Crippen LogP contribution in [0.2, 0.25) is 0 Å². The maximum atomic E-state index is 5.53. The molecule has 1 unspecified atom stereocenters. The lowest BCUT2D eigenvalue weighted by molar-refractivity contribution is 0.461. The monoisotopic (exact) mass is 280 g/mol. The summed E-state index contributed by atoms with van der Waals surface area (Å²) >= 11 is 0. The van der Waals surface area contributed by atoms with E-state index in [2.05, 4.69) is 33.7 Å². The molecule has 1 aliphatic rings. The zero-order valence-corrected chi connectivity index (χ0v) is 11.6. The van der Waals surface area contributed by atoms with Crippen molar-refractivity contribution >= 4 is 5.69 Å². The molecule has 0 saturated carbocycles. The average molecular weight is 280 g/mol. The van der Waals surface area contributed by atoms with Crippen molar-refractivity contribution in [3.05, 3.63) is 60.3 Å². The molecule has 0 saturated heterocycles. The quantitative estimate of drug-likeness (QED) is 0.799. The topological polar surface area (TPSA) is 55.9 Å². The summed E-state index contributed by atoms with van der Waals surface area (Å²) in [7, 11) is 0. The number of hydrogen-bond donors (Lipinski definition) is 1. The van der Waals surface area contributed by atoms with Crippen molar-refractivity contribution < 1.29 is 4.42 Å². The van der Waals surface area contributed by atoms with Crippen molar-refractivity contribution in [2.75, 3.05) is 5.32 Å². The number of anilines is 1. The molecule has 2 heterocycles. The van der Waals surface area contributed by atoms with E-state index in [0.717, 1.165) is 36.4 Å². The molecular weight excluding hydrogens is 264 g/mol. The number of nitrogens with zero attached hydrogens (tertiary/aromatic N) is 3. The molecule has 1 aliphatic carbocycles. The molecule has 1 atom stereocenters. The summed E-state index contributed by atoms with van der Waals surface area (Å²) in [5.41, 5.74) is 3.35. The maximum absolute atomic E-state index is 5.53. The van der Waals surface area contributed by atoms with Gasteiger partial charge in [0.1, 0.15) is 5.76 Å². The standard InChI is InChI=1S/C16H16N4O/c1-2-15(14-8-11-21-16(14)3-1)19-12-4-6-13(7-5-12)20-17-9-10-18-20/h4-11,15,19H,1-3H2. The summed E-state index contributed by atoms with van der Waals surface area (Å²) in [6.07, 6.45) is 8.48. The van der Waals surface area contributed by atoms with Gasteiger partial charge in [-0.25, -0.2) is 0 Å². The molecule has 3 aromatic rings. The number of fused-ring (bicyclic) bond motifs is 1. The Hall–Kier alpha value is -2.56. The number of benzene rings is 1. The lowest BCUT2D eigenvalue weighted by atomic mass is 9.93. The molecule has 2 aromatic heterocycles. The molecular formula is C16H16N4O. The zero-order chi connectivity index (χ0) is 14.1. The number of aryl methyl sites for hydroxylation is 1. The summed E-state index contributed by atoms with van der Waals surface area (Å²) in [4.78, 5) is 1.61. The van der Waals surface area contributed by atoms with Gasteiger partial charge in [0.25, 0.3) is 0 Å². The molecule has 21 heavy (non-hydrogen) atoms. The summed E-state index contributed by atoms with van der Waals surface area (Å²) in [6.45, 7) is 0. The highest BCUT2D eigenvalue weighted by Gasteiger charge is 2.22. The minimum atomic E-state index is 0.334. The van der Waals surface area contributed by atoms with E-state index >= 15 is 0 Å². The van der Waals surface area contributed by atoms with Crippen molar-refractivity contribution in [2.24, 2.45) is 0 Å².